The quantitative estimate of drug-likeness (QED) is 0.122. The van der Waals surface area contributed by atoms with E-state index in [9.17, 15) is 9.59 Å². The molecule has 0 radical (unpaired) electrons. The fraction of sp³-hybridized carbons (Fsp3) is 0.552. The van der Waals surface area contributed by atoms with E-state index in [1.807, 2.05) is 47.6 Å². The van der Waals surface area contributed by atoms with Gasteiger partial charge in [0.25, 0.3) is 0 Å². The molecule has 2 amide bonds. The molecule has 0 unspecified atom stereocenters. The van der Waals surface area contributed by atoms with Crippen LogP contribution in [0.1, 0.15) is 150 Å². The highest BCUT2D eigenvalue weighted by Crippen LogP contribution is 2.40. The van der Waals surface area contributed by atoms with Crippen molar-refractivity contribution in [3.8, 4) is 0 Å². The molecule has 0 aromatic heterocycles. The summed E-state index contributed by atoms with van der Waals surface area (Å²) in [6.45, 7) is 18.1. The monoisotopic (exact) mass is 950 g/mol. The van der Waals surface area contributed by atoms with Gasteiger partial charge in [0, 0.05) is 42.3 Å². The molecule has 372 valence electrons. The zero-order valence-corrected chi connectivity index (χ0v) is 43.4. The van der Waals surface area contributed by atoms with Crippen LogP contribution in [0.2, 0.25) is 0 Å². The lowest BCUT2D eigenvalue weighted by atomic mass is 9.91. The summed E-state index contributed by atoms with van der Waals surface area (Å²) in [6.07, 6.45) is 18.5. The van der Waals surface area contributed by atoms with Crippen molar-refractivity contribution in [2.75, 3.05) is 0 Å². The van der Waals surface area contributed by atoms with Crippen LogP contribution in [0.15, 0.2) is 108 Å². The van der Waals surface area contributed by atoms with Crippen LogP contribution in [-0.2, 0) is 9.47 Å². The average Bonchev–Trinajstić information content (AvgIpc) is 4.20. The van der Waals surface area contributed by atoms with Crippen LogP contribution < -0.4 is 27.0 Å². The van der Waals surface area contributed by atoms with Gasteiger partial charge in [-0.25, -0.2) is 9.59 Å². The second-order valence-corrected chi connectivity index (χ2v) is 22.0. The minimum atomic E-state index is -0.436. The second-order valence-electron chi connectivity index (χ2n) is 22.0. The molecular formula is C58H84ClN5O4. The molecule has 0 saturated heterocycles. The molecule has 3 aromatic carbocycles. The summed E-state index contributed by atoms with van der Waals surface area (Å²) in [7, 11) is 0. The minimum Gasteiger partial charge on any atom is -0.444 e. The molecule has 5 fully saturated rings. The van der Waals surface area contributed by atoms with Gasteiger partial charge in [-0.3, -0.25) is 0 Å². The molecule has 0 heterocycles. The van der Waals surface area contributed by atoms with E-state index in [1.54, 1.807) is 0 Å². The summed E-state index contributed by atoms with van der Waals surface area (Å²) in [5.74, 6) is 1.98. The highest BCUT2D eigenvalue weighted by molar-refractivity contribution is 5.85. The third-order valence-electron chi connectivity index (χ3n) is 13.6. The third kappa shape index (κ3) is 19.5. The van der Waals surface area contributed by atoms with Gasteiger partial charge in [0.05, 0.1) is 0 Å². The van der Waals surface area contributed by atoms with Crippen molar-refractivity contribution in [2.24, 2.45) is 23.5 Å². The number of carbonyl (C=O) groups is 2. The number of rotatable bonds is 12. The lowest BCUT2D eigenvalue weighted by Crippen LogP contribution is -2.44. The normalized spacial score (nSPS) is 27.9. The van der Waals surface area contributed by atoms with Crippen molar-refractivity contribution < 1.29 is 19.1 Å². The number of carbonyl (C=O) groups excluding carboxylic acids is 2. The Kier molecular flexibility index (Phi) is 20.4. The number of nitrogens with one attached hydrogen (secondary N) is 4. The first-order valence-electron chi connectivity index (χ1n) is 25.3. The first-order chi connectivity index (χ1) is 31.9. The smallest absolute Gasteiger partial charge is 0.407 e. The first kappa shape index (κ1) is 54.5. The fourth-order valence-corrected chi connectivity index (χ4v) is 9.62. The summed E-state index contributed by atoms with van der Waals surface area (Å²) in [4.78, 5) is 23.8. The van der Waals surface area contributed by atoms with Crippen LogP contribution in [0.4, 0.5) is 9.59 Å². The van der Waals surface area contributed by atoms with Crippen molar-refractivity contribution in [3.63, 3.8) is 0 Å². The van der Waals surface area contributed by atoms with E-state index in [-0.39, 0.29) is 36.7 Å². The molecule has 10 heteroatoms. The summed E-state index contributed by atoms with van der Waals surface area (Å²) in [6, 6.07) is 34.8. The zero-order chi connectivity index (χ0) is 48.1. The predicted molar refractivity (Wildman–Crippen MR) is 284 cm³/mol. The average molecular weight is 951 g/mol. The Labute approximate surface area is 415 Å². The predicted octanol–water partition coefficient (Wildman–Crippen LogP) is 12.7. The number of hydrogen-bond acceptors (Lipinski definition) is 7. The number of benzene rings is 3. The Hall–Kier alpha value is -4.41. The maximum absolute atomic E-state index is 11.9. The zero-order valence-electron chi connectivity index (χ0n) is 42.6. The van der Waals surface area contributed by atoms with Crippen LogP contribution in [0.5, 0.6) is 0 Å². The van der Waals surface area contributed by atoms with E-state index in [0.717, 1.165) is 57.8 Å². The Morgan fingerprint density at radius 3 is 1.04 bits per heavy atom. The lowest BCUT2D eigenvalue weighted by molar-refractivity contribution is 0.0478. The van der Waals surface area contributed by atoms with Crippen LogP contribution in [0.25, 0.3) is 18.2 Å². The molecule has 5 aliphatic rings. The maximum Gasteiger partial charge on any atom is 0.407 e. The van der Waals surface area contributed by atoms with Crippen LogP contribution in [-0.4, -0.2) is 65.7 Å². The van der Waals surface area contributed by atoms with Gasteiger partial charge in [0.2, 0.25) is 0 Å². The van der Waals surface area contributed by atoms with E-state index < -0.39 is 11.2 Å². The van der Waals surface area contributed by atoms with Crippen molar-refractivity contribution in [1.29, 1.82) is 0 Å². The first-order valence-corrected chi connectivity index (χ1v) is 25.3. The van der Waals surface area contributed by atoms with Gasteiger partial charge in [-0.15, -0.1) is 12.4 Å². The summed E-state index contributed by atoms with van der Waals surface area (Å²) in [5, 5.41) is 13.7. The number of halogens is 1. The molecule has 68 heavy (non-hydrogen) atoms. The van der Waals surface area contributed by atoms with Gasteiger partial charge in [-0.1, -0.05) is 126 Å². The molecule has 0 aliphatic heterocycles. The molecule has 5 saturated carbocycles. The van der Waals surface area contributed by atoms with Gasteiger partial charge in [0.1, 0.15) is 11.2 Å². The fourth-order valence-electron chi connectivity index (χ4n) is 9.62. The highest BCUT2D eigenvalue weighted by Gasteiger charge is 2.41. The molecule has 0 spiro atoms. The lowest BCUT2D eigenvalue weighted by Gasteiger charge is -2.30. The molecule has 8 rings (SSSR count). The molecule has 6 atom stereocenters. The Morgan fingerprint density at radius 1 is 0.485 bits per heavy atom. The van der Waals surface area contributed by atoms with Crippen molar-refractivity contribution in [2.45, 2.75) is 186 Å². The van der Waals surface area contributed by atoms with Gasteiger partial charge in [0.15, 0.2) is 0 Å². The van der Waals surface area contributed by atoms with E-state index in [0.29, 0.717) is 48.0 Å². The number of ether oxygens (including phenoxy) is 2. The van der Waals surface area contributed by atoms with Crippen LogP contribution in [0, 0.1) is 17.8 Å². The number of alkyl carbamates (subject to hydrolysis) is 2. The topological polar surface area (TPSA) is 127 Å². The molecule has 3 aromatic rings. The Bertz CT molecular complexity index is 1980. The van der Waals surface area contributed by atoms with Gasteiger partial charge in [-0.05, 0) is 167 Å². The van der Waals surface area contributed by atoms with E-state index in [1.165, 1.54) is 46.3 Å². The molecule has 5 aliphatic carbocycles. The second kappa shape index (κ2) is 25.4. The van der Waals surface area contributed by atoms with Gasteiger partial charge < -0.3 is 36.5 Å². The van der Waals surface area contributed by atoms with Crippen LogP contribution >= 0.6 is 12.4 Å². The van der Waals surface area contributed by atoms with Crippen molar-refractivity contribution in [3.05, 3.63) is 124 Å². The summed E-state index contributed by atoms with van der Waals surface area (Å²) >= 11 is 0. The van der Waals surface area contributed by atoms with E-state index in [2.05, 4.69) is 145 Å². The Morgan fingerprint density at radius 2 is 0.765 bits per heavy atom. The Balaban J connectivity index is 0.000000200. The molecule has 9 nitrogen and oxygen atoms in total. The maximum atomic E-state index is 11.9. The number of amides is 2. The van der Waals surface area contributed by atoms with Crippen molar-refractivity contribution >= 4 is 42.8 Å². The minimum absolute atomic E-state index is 0. The summed E-state index contributed by atoms with van der Waals surface area (Å²) < 4.78 is 10.7. The van der Waals surface area contributed by atoms with Crippen molar-refractivity contribution in [1.82, 2.24) is 21.3 Å². The van der Waals surface area contributed by atoms with Gasteiger partial charge in [-0.2, -0.15) is 0 Å². The highest BCUT2D eigenvalue weighted by atomic mass is 35.5. The van der Waals surface area contributed by atoms with E-state index in [4.69, 9.17) is 15.2 Å². The molecule has 0 bridgehead atoms. The standard InChI is InChI=1S/2C23H34N2O2.C12H15N.ClH/c2*1-16(14-17-8-6-5-7-9-17)20-15-21(20)24-18-10-12-19(13-11-18)25-22(26)27-23(2,3)4;1-9(11-8-12(11)13)7-10-5-3-2-4-6-10;/h2*5-9,14,18-21,24H,10-13,15H2,1-4H3,(H,25,26);2-7,11-12H,8,13H2,1H3;1H/b2*16-14+;9-7+;/t2*18?,19?,20-,21+;11-,12+;/m000./s1. The van der Waals surface area contributed by atoms with Crippen LogP contribution in [0.3, 0.4) is 0 Å². The molecular weight excluding hydrogens is 866 g/mol. The number of nitrogens with two attached hydrogens (primary N) is 1. The van der Waals surface area contributed by atoms with Gasteiger partial charge >= 0.3 is 12.2 Å². The third-order valence-corrected chi connectivity index (χ3v) is 13.6. The van der Waals surface area contributed by atoms with E-state index >= 15 is 0 Å². The SMILES string of the molecule is C/C(=C\c1ccccc1)[C@@H]1C[C@H]1N.C/C(=C\c1ccccc1)[C@@H]1C[C@H]1NC1CCC(NC(=O)OC(C)(C)C)CC1.C/C(=C\c1ccccc1)[C@@H]1C[C@H]1NC1CCC(NC(=O)OC(C)(C)C)CC1.Cl. The molecule has 6 N–H and O–H groups in total. The summed E-state index contributed by atoms with van der Waals surface area (Å²) in [5.41, 5.74) is 13.1. The number of hydrogen-bond donors (Lipinski definition) is 5. The largest absolute Gasteiger partial charge is 0.444 e.